The Labute approximate surface area is 72.6 Å². The Morgan fingerprint density at radius 3 is 0.750 bits per heavy atom. The van der Waals surface area contributed by atoms with Crippen LogP contribution in [0, 0.1) is 0 Å². The summed E-state index contributed by atoms with van der Waals surface area (Å²) in [5.74, 6) is 0. The Balaban J connectivity index is 0. The van der Waals surface area contributed by atoms with E-state index in [1.165, 1.54) is 0 Å². The molecule has 4 heteroatoms. The third-order valence-electron chi connectivity index (χ3n) is 0. The van der Waals surface area contributed by atoms with Gasteiger partial charge in [0.1, 0.15) is 0 Å². The van der Waals surface area contributed by atoms with Gasteiger partial charge in [0.2, 0.25) is 0 Å². The zero-order valence-corrected chi connectivity index (χ0v) is 11.1. The zero-order valence-electron chi connectivity index (χ0n) is 2.23. The van der Waals surface area contributed by atoms with Crippen LogP contribution in [0.1, 0.15) is 0 Å². The summed E-state index contributed by atoms with van der Waals surface area (Å²) in [6.07, 6.45) is 0. The number of rotatable bonds is 0. The van der Waals surface area contributed by atoms with Crippen LogP contribution in [0.2, 0.25) is 0 Å². The van der Waals surface area contributed by atoms with E-state index in [2.05, 4.69) is 0 Å². The van der Waals surface area contributed by atoms with Crippen LogP contribution in [0.3, 0.4) is 0 Å². The average Bonchev–Trinajstić information content (AvgIpc) is 0. The molecule has 16 valence electrons. The van der Waals surface area contributed by atoms with E-state index in [1.54, 1.807) is 0 Å². The van der Waals surface area contributed by atoms with Crippen molar-refractivity contribution >= 4 is 13.5 Å². The Kier molecular flexibility index (Phi) is 169. The van der Waals surface area contributed by atoms with Crippen LogP contribution in [0.5, 0.6) is 0 Å². The minimum atomic E-state index is 0. The SMILES string of the molecule is [Cd+2].[Cd+2].[O-2].[S-2]. The summed E-state index contributed by atoms with van der Waals surface area (Å²) in [6, 6.07) is 0. The Bertz CT molecular complexity index is 6.00. The molecule has 0 fully saturated rings. The predicted molar refractivity (Wildman–Crippen MR) is 8.05 cm³/mol. The first-order valence-electron chi connectivity index (χ1n) is 0. The van der Waals surface area contributed by atoms with E-state index in [9.17, 15) is 0 Å². The van der Waals surface area contributed by atoms with Gasteiger partial charge in [0.05, 0.1) is 0 Å². The van der Waals surface area contributed by atoms with Crippen LogP contribution in [0.15, 0.2) is 0 Å². The molecule has 0 N–H and O–H groups in total. The first kappa shape index (κ1) is 35.2. The summed E-state index contributed by atoms with van der Waals surface area (Å²) in [5.41, 5.74) is 0. The van der Waals surface area contributed by atoms with Crippen molar-refractivity contribution in [2.24, 2.45) is 0 Å². The summed E-state index contributed by atoms with van der Waals surface area (Å²) in [5, 5.41) is 0. The summed E-state index contributed by atoms with van der Waals surface area (Å²) in [7, 11) is 0. The molecular weight excluding hydrogens is 273 g/mol. The van der Waals surface area contributed by atoms with Gasteiger partial charge in [0.25, 0.3) is 0 Å². The fourth-order valence-corrected chi connectivity index (χ4v) is 0. The Morgan fingerprint density at radius 1 is 0.750 bits per heavy atom. The minimum absolute atomic E-state index is 0. The molecule has 4 heavy (non-hydrogen) atoms. The summed E-state index contributed by atoms with van der Waals surface area (Å²) < 4.78 is 0. The van der Waals surface area contributed by atoms with E-state index in [4.69, 9.17) is 0 Å². The van der Waals surface area contributed by atoms with E-state index in [0.29, 0.717) is 0 Å². The van der Waals surface area contributed by atoms with Crippen molar-refractivity contribution in [3.05, 3.63) is 0 Å². The number of hydrogen-bond donors (Lipinski definition) is 0. The first-order chi connectivity index (χ1) is 0. The maximum absolute atomic E-state index is 0. The molecule has 0 aliphatic heterocycles. The molecule has 0 atom stereocenters. The zero-order chi connectivity index (χ0) is 0. The molecule has 0 aliphatic carbocycles. The second kappa shape index (κ2) is 19.2. The van der Waals surface area contributed by atoms with Gasteiger partial charge >= 0.3 is 54.6 Å². The molecule has 0 heterocycles. The van der Waals surface area contributed by atoms with Crippen LogP contribution in [-0.4, -0.2) is 0 Å². The molecular formula is Cd2OS. The van der Waals surface area contributed by atoms with Gasteiger partial charge in [-0.25, -0.2) is 0 Å². The van der Waals surface area contributed by atoms with E-state index >= 15 is 0 Å². The third kappa shape index (κ3) is 8.91. The van der Waals surface area contributed by atoms with Gasteiger partial charge in [-0.1, -0.05) is 0 Å². The molecule has 0 radical (unpaired) electrons. The molecule has 0 aliphatic rings. The smallest absolute Gasteiger partial charge is 2.00 e. The average molecular weight is 273 g/mol. The van der Waals surface area contributed by atoms with Crippen molar-refractivity contribution in [2.75, 3.05) is 0 Å². The van der Waals surface area contributed by atoms with Gasteiger partial charge in [0.15, 0.2) is 0 Å². The first-order valence-corrected chi connectivity index (χ1v) is 0. The molecule has 0 aromatic carbocycles. The monoisotopic (exact) mass is 276 g/mol. The summed E-state index contributed by atoms with van der Waals surface area (Å²) in [6.45, 7) is 0. The van der Waals surface area contributed by atoms with Crippen molar-refractivity contribution < 1.29 is 60.1 Å². The van der Waals surface area contributed by atoms with Crippen LogP contribution < -0.4 is 0 Å². The third-order valence-corrected chi connectivity index (χ3v) is 0. The van der Waals surface area contributed by atoms with Gasteiger partial charge in [-0.05, 0) is 0 Å². The van der Waals surface area contributed by atoms with Gasteiger partial charge in [0, 0.05) is 0 Å². The van der Waals surface area contributed by atoms with Crippen LogP contribution in [0.4, 0.5) is 0 Å². The van der Waals surface area contributed by atoms with Crippen molar-refractivity contribution in [1.29, 1.82) is 0 Å². The molecule has 1 nitrogen and oxygen atoms in total. The largest absolute Gasteiger partial charge is 2.00 e. The van der Waals surface area contributed by atoms with E-state index in [-0.39, 0.29) is 73.6 Å². The minimum Gasteiger partial charge on any atom is -2.00 e. The molecule has 0 saturated carbocycles. The molecule has 0 unspecified atom stereocenters. The standard InChI is InChI=1S/2Cd.O.S/q2*+2;2*-2. The molecule has 0 amide bonds. The predicted octanol–water partition coefficient (Wildman–Crippen LogP) is -0.126. The van der Waals surface area contributed by atoms with Crippen LogP contribution in [-0.2, 0) is 73.6 Å². The fraction of sp³-hybridized carbons (Fsp3) is 0. The second-order valence-corrected chi connectivity index (χ2v) is 0. The van der Waals surface area contributed by atoms with Crippen molar-refractivity contribution in [2.45, 2.75) is 0 Å². The summed E-state index contributed by atoms with van der Waals surface area (Å²) >= 11 is 0. The summed E-state index contributed by atoms with van der Waals surface area (Å²) in [4.78, 5) is 0. The molecule has 0 saturated heterocycles. The number of hydrogen-bond acceptors (Lipinski definition) is 0. The van der Waals surface area contributed by atoms with Crippen LogP contribution >= 0.6 is 0 Å². The second-order valence-electron chi connectivity index (χ2n) is 0. The fourth-order valence-electron chi connectivity index (χ4n) is 0. The Morgan fingerprint density at radius 2 is 0.750 bits per heavy atom. The van der Waals surface area contributed by atoms with Crippen LogP contribution in [0.25, 0.3) is 0 Å². The maximum atomic E-state index is 0. The molecule has 0 rings (SSSR count). The molecule has 0 aromatic heterocycles. The molecule has 0 bridgehead atoms. The van der Waals surface area contributed by atoms with Gasteiger partial charge in [-0.3, -0.25) is 0 Å². The van der Waals surface area contributed by atoms with Gasteiger partial charge < -0.3 is 19.0 Å². The van der Waals surface area contributed by atoms with Gasteiger partial charge in [-0.15, -0.1) is 0 Å². The molecule has 0 spiro atoms. The quantitative estimate of drug-likeness (QED) is 0.550. The van der Waals surface area contributed by atoms with E-state index in [0.717, 1.165) is 0 Å². The van der Waals surface area contributed by atoms with Crippen molar-refractivity contribution in [1.82, 2.24) is 0 Å². The maximum Gasteiger partial charge on any atom is 2.00 e. The Hall–Kier alpha value is 2.15. The van der Waals surface area contributed by atoms with Gasteiger partial charge in [-0.2, -0.15) is 0 Å². The van der Waals surface area contributed by atoms with Crippen molar-refractivity contribution in [3.63, 3.8) is 0 Å². The molecule has 0 aromatic rings. The van der Waals surface area contributed by atoms with E-state index < -0.39 is 0 Å². The van der Waals surface area contributed by atoms with Crippen molar-refractivity contribution in [3.8, 4) is 0 Å². The normalized spacial score (nSPS) is 0. The topological polar surface area (TPSA) is 28.5 Å². The van der Waals surface area contributed by atoms with E-state index in [1.807, 2.05) is 0 Å².